The van der Waals surface area contributed by atoms with Gasteiger partial charge in [0.1, 0.15) is 5.60 Å². The van der Waals surface area contributed by atoms with Crippen molar-refractivity contribution in [1.82, 2.24) is 4.90 Å². The molecule has 0 radical (unpaired) electrons. The highest BCUT2D eigenvalue weighted by Crippen LogP contribution is 2.29. The van der Waals surface area contributed by atoms with Crippen LogP contribution in [0.5, 0.6) is 0 Å². The van der Waals surface area contributed by atoms with Gasteiger partial charge in [0.15, 0.2) is 0 Å². The molecule has 1 heterocycles. The Kier molecular flexibility index (Phi) is 7.13. The summed E-state index contributed by atoms with van der Waals surface area (Å²) in [7, 11) is 0. The Hall–Kier alpha value is -0.810. The van der Waals surface area contributed by atoms with Gasteiger partial charge in [-0.3, -0.25) is 0 Å². The Bertz CT molecular complexity index is 351. The first-order chi connectivity index (χ1) is 10.2. The van der Waals surface area contributed by atoms with Gasteiger partial charge in [-0.25, -0.2) is 4.79 Å². The first-order valence-electron chi connectivity index (χ1n) is 8.37. The first-order valence-corrected chi connectivity index (χ1v) is 8.37. The summed E-state index contributed by atoms with van der Waals surface area (Å²) in [6.07, 6.45) is 1.49. The average molecular weight is 315 g/mol. The van der Waals surface area contributed by atoms with E-state index in [0.29, 0.717) is 32.2 Å². The molecule has 1 aliphatic rings. The molecule has 0 N–H and O–H groups in total. The smallest absolute Gasteiger partial charge is 0.410 e. The first kappa shape index (κ1) is 19.2. The fraction of sp³-hybridized carbons (Fsp3) is 0.941. The molecule has 0 spiro atoms. The molecule has 1 rings (SSSR count). The van der Waals surface area contributed by atoms with Gasteiger partial charge in [0.2, 0.25) is 0 Å². The molecule has 130 valence electrons. The van der Waals surface area contributed by atoms with Gasteiger partial charge < -0.3 is 19.1 Å². The van der Waals surface area contributed by atoms with Crippen LogP contribution in [0.3, 0.4) is 0 Å². The minimum Gasteiger partial charge on any atom is -0.444 e. The Morgan fingerprint density at radius 2 is 1.95 bits per heavy atom. The predicted molar refractivity (Wildman–Crippen MR) is 87.1 cm³/mol. The van der Waals surface area contributed by atoms with Crippen LogP contribution < -0.4 is 0 Å². The molecule has 0 aromatic rings. The SMILES string of the molecule is CCC1(OCCOCC(C)C)CCN(C(=O)OC(C)(C)C)C1. The number of nitrogens with zero attached hydrogens (tertiary/aromatic N) is 1. The van der Waals surface area contributed by atoms with Crippen molar-refractivity contribution in [2.75, 3.05) is 32.9 Å². The average Bonchev–Trinajstić information content (AvgIpc) is 2.81. The number of amides is 1. The normalized spacial score (nSPS) is 22.4. The molecule has 1 amide bonds. The third-order valence-corrected chi connectivity index (χ3v) is 3.70. The molecule has 1 saturated heterocycles. The molecule has 22 heavy (non-hydrogen) atoms. The van der Waals surface area contributed by atoms with E-state index >= 15 is 0 Å². The van der Waals surface area contributed by atoms with E-state index < -0.39 is 5.60 Å². The fourth-order valence-electron chi connectivity index (χ4n) is 2.47. The molecule has 0 aliphatic carbocycles. The summed E-state index contributed by atoms with van der Waals surface area (Å²) >= 11 is 0. The summed E-state index contributed by atoms with van der Waals surface area (Å²) in [5, 5.41) is 0. The zero-order valence-corrected chi connectivity index (χ0v) is 15.1. The summed E-state index contributed by atoms with van der Waals surface area (Å²) in [6, 6.07) is 0. The minimum absolute atomic E-state index is 0.248. The van der Waals surface area contributed by atoms with Gasteiger partial charge in [-0.1, -0.05) is 20.8 Å². The van der Waals surface area contributed by atoms with Crippen LogP contribution in [0.4, 0.5) is 4.79 Å². The second-order valence-corrected chi connectivity index (χ2v) is 7.51. The lowest BCUT2D eigenvalue weighted by atomic mass is 10.00. The van der Waals surface area contributed by atoms with Crippen molar-refractivity contribution >= 4 is 6.09 Å². The van der Waals surface area contributed by atoms with Gasteiger partial charge in [0.25, 0.3) is 0 Å². The molecule has 5 heteroatoms. The summed E-state index contributed by atoms with van der Waals surface area (Å²) < 4.78 is 17.0. The van der Waals surface area contributed by atoms with E-state index in [1.54, 1.807) is 4.90 Å². The van der Waals surface area contributed by atoms with Crippen molar-refractivity contribution in [2.45, 2.75) is 65.6 Å². The topological polar surface area (TPSA) is 48.0 Å². The third-order valence-electron chi connectivity index (χ3n) is 3.70. The highest BCUT2D eigenvalue weighted by atomic mass is 16.6. The van der Waals surface area contributed by atoms with Crippen LogP contribution in [-0.4, -0.2) is 55.1 Å². The van der Waals surface area contributed by atoms with Crippen LogP contribution in [0.2, 0.25) is 0 Å². The molecule has 1 unspecified atom stereocenters. The molecule has 1 aliphatic heterocycles. The molecular weight excluding hydrogens is 282 g/mol. The Morgan fingerprint density at radius 1 is 1.27 bits per heavy atom. The van der Waals surface area contributed by atoms with E-state index in [4.69, 9.17) is 14.2 Å². The van der Waals surface area contributed by atoms with Crippen LogP contribution in [0.15, 0.2) is 0 Å². The van der Waals surface area contributed by atoms with Crippen LogP contribution in [0, 0.1) is 5.92 Å². The number of carbonyl (C=O) groups is 1. The van der Waals surface area contributed by atoms with E-state index in [2.05, 4.69) is 20.8 Å². The lowest BCUT2D eigenvalue weighted by Gasteiger charge is -2.29. The van der Waals surface area contributed by atoms with Gasteiger partial charge in [0.05, 0.1) is 25.4 Å². The number of carbonyl (C=O) groups excluding carboxylic acids is 1. The Morgan fingerprint density at radius 3 is 2.50 bits per heavy atom. The monoisotopic (exact) mass is 315 g/mol. The maximum atomic E-state index is 12.1. The van der Waals surface area contributed by atoms with Crippen molar-refractivity contribution in [3.05, 3.63) is 0 Å². The standard InChI is InChI=1S/C17H33NO4/c1-7-17(21-11-10-20-12-14(2)3)8-9-18(13-17)15(19)22-16(4,5)6/h14H,7-13H2,1-6H3. The van der Waals surface area contributed by atoms with E-state index in [0.717, 1.165) is 19.4 Å². The number of hydrogen-bond donors (Lipinski definition) is 0. The summed E-state index contributed by atoms with van der Waals surface area (Å²) in [6.45, 7) is 15.2. The number of hydrogen-bond acceptors (Lipinski definition) is 4. The molecule has 0 aromatic carbocycles. The quantitative estimate of drug-likeness (QED) is 0.675. The lowest BCUT2D eigenvalue weighted by molar-refractivity contribution is -0.0659. The van der Waals surface area contributed by atoms with Gasteiger partial charge in [-0.2, -0.15) is 0 Å². The summed E-state index contributed by atoms with van der Waals surface area (Å²) in [5.41, 5.74) is -0.710. The highest BCUT2D eigenvalue weighted by Gasteiger charge is 2.40. The zero-order valence-electron chi connectivity index (χ0n) is 15.1. The lowest BCUT2D eigenvalue weighted by Crippen LogP contribution is -2.40. The van der Waals surface area contributed by atoms with Crippen LogP contribution >= 0.6 is 0 Å². The van der Waals surface area contributed by atoms with Crippen molar-refractivity contribution in [3.63, 3.8) is 0 Å². The van der Waals surface area contributed by atoms with E-state index in [-0.39, 0.29) is 11.7 Å². The molecule has 0 aromatic heterocycles. The second-order valence-electron chi connectivity index (χ2n) is 7.51. The highest BCUT2D eigenvalue weighted by molar-refractivity contribution is 5.68. The van der Waals surface area contributed by atoms with Crippen molar-refractivity contribution in [3.8, 4) is 0 Å². The minimum atomic E-state index is -0.458. The van der Waals surface area contributed by atoms with Crippen LogP contribution in [0.25, 0.3) is 0 Å². The largest absolute Gasteiger partial charge is 0.444 e. The van der Waals surface area contributed by atoms with Gasteiger partial charge in [-0.05, 0) is 39.5 Å². The van der Waals surface area contributed by atoms with Crippen molar-refractivity contribution in [2.24, 2.45) is 5.92 Å². The molecule has 5 nitrogen and oxygen atoms in total. The number of ether oxygens (including phenoxy) is 3. The van der Waals surface area contributed by atoms with Crippen molar-refractivity contribution < 1.29 is 19.0 Å². The van der Waals surface area contributed by atoms with Gasteiger partial charge in [-0.15, -0.1) is 0 Å². The maximum Gasteiger partial charge on any atom is 0.410 e. The van der Waals surface area contributed by atoms with Crippen LogP contribution in [0.1, 0.15) is 54.4 Å². The van der Waals surface area contributed by atoms with Gasteiger partial charge >= 0.3 is 6.09 Å². The maximum absolute atomic E-state index is 12.1. The molecule has 0 saturated carbocycles. The van der Waals surface area contributed by atoms with E-state index in [9.17, 15) is 4.79 Å². The van der Waals surface area contributed by atoms with Crippen LogP contribution in [-0.2, 0) is 14.2 Å². The summed E-state index contributed by atoms with van der Waals surface area (Å²) in [4.78, 5) is 13.9. The Labute approximate surface area is 135 Å². The zero-order chi connectivity index (χ0) is 16.8. The third kappa shape index (κ3) is 6.53. The molecule has 0 bridgehead atoms. The summed E-state index contributed by atoms with van der Waals surface area (Å²) in [5.74, 6) is 0.536. The Balaban J connectivity index is 2.40. The van der Waals surface area contributed by atoms with Gasteiger partial charge in [0, 0.05) is 13.2 Å². The molecule has 1 atom stereocenters. The second kappa shape index (κ2) is 8.16. The molecule has 1 fully saturated rings. The number of rotatable bonds is 7. The molecular formula is C17H33NO4. The fourth-order valence-corrected chi connectivity index (χ4v) is 2.47. The van der Waals surface area contributed by atoms with Crippen molar-refractivity contribution in [1.29, 1.82) is 0 Å². The van der Waals surface area contributed by atoms with E-state index in [1.165, 1.54) is 0 Å². The van der Waals surface area contributed by atoms with E-state index in [1.807, 2.05) is 20.8 Å². The number of likely N-dealkylation sites (tertiary alicyclic amines) is 1. The predicted octanol–water partition coefficient (Wildman–Crippen LogP) is 3.47.